The van der Waals surface area contributed by atoms with Gasteiger partial charge >= 0.3 is 0 Å². The van der Waals surface area contributed by atoms with E-state index in [1.54, 1.807) is 0 Å². The lowest BCUT2D eigenvalue weighted by Gasteiger charge is -2.23. The van der Waals surface area contributed by atoms with E-state index < -0.39 is 0 Å². The summed E-state index contributed by atoms with van der Waals surface area (Å²) in [5.74, 6) is 0. The maximum atomic E-state index is 2.41. The predicted octanol–water partition coefficient (Wildman–Crippen LogP) is 28.1. The molecule has 0 aliphatic carbocycles. The normalized spacial score (nSPS) is 11.4. The molecule has 0 N–H and O–H groups in total. The molecule has 0 spiro atoms. The van der Waals surface area contributed by atoms with Gasteiger partial charge in [0.05, 0.1) is 50.2 Å². The zero-order chi connectivity index (χ0) is 74.3. The fourth-order valence-electron chi connectivity index (χ4n) is 16.6. The molecule has 111 heavy (non-hydrogen) atoms. The minimum atomic E-state index is 1.16. The SMILES string of the molecule is CN(c1ccc(-c2ccccc2)cc1)c1ccc2c(c1)c1ccccc1n2-c1cccc2ccccc12.CN(c1ccc2c(c1)c1ccccc1n2-c1cccc2ccccc12)c1ccccc1-c1ccccc1.CN(c1cccc(-c2ccccc2)c1)c1ccc2c(c1)c1ccccc1n2-c1cccc2ccccc12. The largest absolute Gasteiger partial charge is 0.345 e. The topological polar surface area (TPSA) is 24.5 Å². The van der Waals surface area contributed by atoms with Gasteiger partial charge in [-0.2, -0.15) is 0 Å². The highest BCUT2D eigenvalue weighted by atomic mass is 15.1. The molecule has 6 nitrogen and oxygen atoms in total. The number of anilines is 6. The van der Waals surface area contributed by atoms with Gasteiger partial charge in [0.2, 0.25) is 0 Å². The minimum Gasteiger partial charge on any atom is -0.345 e. The Morgan fingerprint density at radius 2 is 0.459 bits per heavy atom. The number of para-hydroxylation sites is 4. The summed E-state index contributed by atoms with van der Waals surface area (Å²) >= 11 is 0. The third-order valence-electron chi connectivity index (χ3n) is 22.2. The predicted molar refractivity (Wildman–Crippen MR) is 475 cm³/mol. The van der Waals surface area contributed by atoms with Gasteiger partial charge in [-0.25, -0.2) is 0 Å². The second-order valence-electron chi connectivity index (χ2n) is 28.5. The number of aromatic nitrogens is 3. The van der Waals surface area contributed by atoms with E-state index in [1.165, 1.54) is 171 Å². The van der Waals surface area contributed by atoms with Crippen molar-refractivity contribution >= 4 is 132 Å². The zero-order valence-electron chi connectivity index (χ0n) is 62.0. The number of benzene rings is 18. The van der Waals surface area contributed by atoms with E-state index in [0.717, 1.165) is 11.4 Å². The fraction of sp³-hybridized carbons (Fsp3) is 0.0286. The summed E-state index contributed by atoms with van der Waals surface area (Å²) in [6, 6.07) is 150. The lowest BCUT2D eigenvalue weighted by atomic mass is 10.0. The molecule has 18 aromatic carbocycles. The van der Waals surface area contributed by atoms with E-state index in [-0.39, 0.29) is 0 Å². The van der Waals surface area contributed by atoms with Crippen molar-refractivity contribution in [3.8, 4) is 50.4 Å². The molecule has 0 saturated carbocycles. The van der Waals surface area contributed by atoms with Crippen molar-refractivity contribution in [1.29, 1.82) is 0 Å². The molecule has 6 heteroatoms. The minimum absolute atomic E-state index is 1.16. The fourth-order valence-corrected chi connectivity index (χ4v) is 16.6. The Morgan fingerprint density at radius 1 is 0.171 bits per heavy atom. The quantitative estimate of drug-likeness (QED) is 0.122. The van der Waals surface area contributed by atoms with Crippen LogP contribution in [0.1, 0.15) is 0 Å². The van der Waals surface area contributed by atoms with Gasteiger partial charge in [0.15, 0.2) is 0 Å². The smallest absolute Gasteiger partial charge is 0.0542 e. The number of rotatable bonds is 12. The molecule has 0 saturated heterocycles. The summed E-state index contributed by atoms with van der Waals surface area (Å²) in [6.45, 7) is 0. The van der Waals surface area contributed by atoms with Crippen LogP contribution in [-0.2, 0) is 0 Å². The lowest BCUT2D eigenvalue weighted by molar-refractivity contribution is 1.19. The summed E-state index contributed by atoms with van der Waals surface area (Å²) in [7, 11) is 6.45. The summed E-state index contributed by atoms with van der Waals surface area (Å²) in [4.78, 5) is 6.83. The average molecular weight is 1420 g/mol. The number of nitrogens with zero attached hydrogens (tertiary/aromatic N) is 6. The molecule has 0 fully saturated rings. The highest BCUT2D eigenvalue weighted by Crippen LogP contribution is 2.44. The Kier molecular flexibility index (Phi) is 17.6. The molecule has 21 aromatic rings. The molecule has 0 atom stereocenters. The molecule has 0 unspecified atom stereocenters. The van der Waals surface area contributed by atoms with E-state index >= 15 is 0 Å². The molecule has 0 radical (unpaired) electrons. The third-order valence-corrected chi connectivity index (χ3v) is 22.2. The standard InChI is InChI=1S/3C35H26N2/c1-36(32-19-9-7-16-28(32)25-12-3-2-4-13-25)27-22-23-35-31(24-27)30-18-8-10-20-34(30)37(35)33-21-11-15-26-14-5-6-17-29(26)33;1-36(28-16-9-15-27(23-28)25-11-3-2-4-12-25)29-21-22-35-32(24-29)31-18-7-8-19-34(31)37(35)33-20-10-14-26-13-5-6-17-30(26)33;1-36(28-20-18-26(19-21-28)25-10-3-2-4-11-25)29-22-23-35-32(24-29)31-15-7-8-16-34(31)37(35)33-17-9-13-27-12-5-6-14-30(27)33/h3*2-24H,1H3. The number of hydrogen-bond acceptors (Lipinski definition) is 3. The summed E-state index contributed by atoms with van der Waals surface area (Å²) < 4.78 is 7.23. The summed E-state index contributed by atoms with van der Waals surface area (Å²) in [5.41, 5.74) is 25.3. The van der Waals surface area contributed by atoms with Crippen molar-refractivity contribution < 1.29 is 0 Å². The Balaban J connectivity index is 0.000000112. The van der Waals surface area contributed by atoms with Gasteiger partial charge in [0.25, 0.3) is 0 Å². The van der Waals surface area contributed by atoms with Crippen LogP contribution in [0.25, 0.3) is 148 Å². The van der Waals surface area contributed by atoms with Crippen LogP contribution >= 0.6 is 0 Å². The van der Waals surface area contributed by atoms with Gasteiger partial charge in [-0.3, -0.25) is 0 Å². The number of hydrogen-bond donors (Lipinski definition) is 0. The Labute approximate surface area is 646 Å². The van der Waals surface area contributed by atoms with Gasteiger partial charge < -0.3 is 28.4 Å². The average Bonchev–Trinajstić information content (AvgIpc) is 1.60. The van der Waals surface area contributed by atoms with Crippen LogP contribution < -0.4 is 14.7 Å². The molecular weight excluding hydrogens is 1350 g/mol. The molecule has 3 heterocycles. The highest BCUT2D eigenvalue weighted by Gasteiger charge is 2.21. The first-order valence-corrected chi connectivity index (χ1v) is 38.1. The first-order valence-electron chi connectivity index (χ1n) is 38.1. The van der Waals surface area contributed by atoms with Gasteiger partial charge in [-0.05, 0) is 165 Å². The van der Waals surface area contributed by atoms with Crippen LogP contribution in [0, 0.1) is 0 Å². The van der Waals surface area contributed by atoms with Gasteiger partial charge in [0.1, 0.15) is 0 Å². The van der Waals surface area contributed by atoms with Crippen molar-refractivity contribution in [3.05, 3.63) is 419 Å². The molecule has 21 rings (SSSR count). The monoisotopic (exact) mass is 1420 g/mol. The van der Waals surface area contributed by atoms with Crippen molar-refractivity contribution in [3.63, 3.8) is 0 Å². The molecule has 0 bridgehead atoms. The molecule has 528 valence electrons. The first-order chi connectivity index (χ1) is 54.8. The van der Waals surface area contributed by atoms with Gasteiger partial charge in [0, 0.05) is 109 Å². The Bertz CT molecular complexity index is 7000. The van der Waals surface area contributed by atoms with Crippen molar-refractivity contribution in [2.45, 2.75) is 0 Å². The molecule has 0 amide bonds. The molecule has 0 aliphatic rings. The Morgan fingerprint density at radius 3 is 0.901 bits per heavy atom. The lowest BCUT2D eigenvalue weighted by Crippen LogP contribution is -2.10. The first kappa shape index (κ1) is 67.2. The van der Waals surface area contributed by atoms with Crippen LogP contribution in [0.3, 0.4) is 0 Å². The van der Waals surface area contributed by atoms with E-state index in [9.17, 15) is 0 Å². The van der Waals surface area contributed by atoms with Crippen molar-refractivity contribution in [2.75, 3.05) is 35.8 Å². The van der Waals surface area contributed by atoms with E-state index in [2.05, 4.69) is 468 Å². The second kappa shape index (κ2) is 29.0. The Hall–Kier alpha value is -14.5. The third kappa shape index (κ3) is 12.4. The van der Waals surface area contributed by atoms with Crippen molar-refractivity contribution in [2.24, 2.45) is 0 Å². The van der Waals surface area contributed by atoms with Crippen LogP contribution in [-0.4, -0.2) is 34.8 Å². The van der Waals surface area contributed by atoms with Gasteiger partial charge in [-0.15, -0.1) is 0 Å². The van der Waals surface area contributed by atoms with E-state index in [1.807, 2.05) is 0 Å². The number of fused-ring (bicyclic) bond motifs is 12. The maximum Gasteiger partial charge on any atom is 0.0542 e. The highest BCUT2D eigenvalue weighted by molar-refractivity contribution is 6.15. The summed E-state index contributed by atoms with van der Waals surface area (Å²) in [6.07, 6.45) is 0. The molecular formula is C105H78N6. The van der Waals surface area contributed by atoms with E-state index in [4.69, 9.17) is 0 Å². The molecule has 3 aromatic heterocycles. The maximum absolute atomic E-state index is 2.41. The van der Waals surface area contributed by atoms with Crippen molar-refractivity contribution in [1.82, 2.24) is 13.7 Å². The zero-order valence-corrected chi connectivity index (χ0v) is 62.0. The van der Waals surface area contributed by atoms with Crippen LogP contribution in [0.15, 0.2) is 419 Å². The van der Waals surface area contributed by atoms with Crippen LogP contribution in [0.5, 0.6) is 0 Å². The van der Waals surface area contributed by atoms with Crippen LogP contribution in [0.2, 0.25) is 0 Å². The van der Waals surface area contributed by atoms with Gasteiger partial charge in [-0.1, -0.05) is 297 Å². The van der Waals surface area contributed by atoms with E-state index in [0.29, 0.717) is 0 Å². The van der Waals surface area contributed by atoms with Crippen LogP contribution in [0.4, 0.5) is 34.1 Å². The molecule has 0 aliphatic heterocycles. The summed E-state index contributed by atoms with van der Waals surface area (Å²) in [5, 5.41) is 15.1. The second-order valence-corrected chi connectivity index (χ2v) is 28.5.